The molecule has 0 aliphatic carbocycles. The van der Waals surface area contributed by atoms with Crippen molar-refractivity contribution in [3.05, 3.63) is 89.8 Å². The summed E-state index contributed by atoms with van der Waals surface area (Å²) in [6.45, 7) is 0. The third-order valence-electron chi connectivity index (χ3n) is 4.33. The first kappa shape index (κ1) is 17.5. The number of pyridine rings is 1. The number of amides is 1. The van der Waals surface area contributed by atoms with E-state index >= 15 is 0 Å². The first-order valence-corrected chi connectivity index (χ1v) is 8.65. The van der Waals surface area contributed by atoms with Crippen LogP contribution in [0.5, 0.6) is 11.5 Å². The summed E-state index contributed by atoms with van der Waals surface area (Å²) in [6.07, 6.45) is 5.08. The quantitative estimate of drug-likeness (QED) is 0.711. The molecule has 1 aliphatic rings. The van der Waals surface area contributed by atoms with E-state index in [0.717, 1.165) is 5.56 Å². The molecule has 4 rings (SSSR count). The number of phenolic OH excluding ortho intramolecular Hbond substituents is 1. The van der Waals surface area contributed by atoms with E-state index in [9.17, 15) is 9.90 Å². The SMILES string of the molecule is COc1cc(/C=C2\C(=O)N(c3ccccc3)N=C2c2cccnc2)ccc1O. The maximum absolute atomic E-state index is 13.2. The largest absolute Gasteiger partial charge is 0.504 e. The van der Waals surface area contributed by atoms with E-state index in [1.807, 2.05) is 36.4 Å². The van der Waals surface area contributed by atoms with E-state index in [1.165, 1.54) is 18.2 Å². The van der Waals surface area contributed by atoms with Crippen molar-refractivity contribution in [3.8, 4) is 11.5 Å². The van der Waals surface area contributed by atoms with Gasteiger partial charge in [-0.2, -0.15) is 10.1 Å². The van der Waals surface area contributed by atoms with E-state index in [2.05, 4.69) is 10.1 Å². The Morgan fingerprint density at radius 2 is 1.89 bits per heavy atom. The number of carbonyl (C=O) groups is 1. The lowest BCUT2D eigenvalue weighted by molar-refractivity contribution is -0.114. The Balaban J connectivity index is 1.82. The molecule has 2 heterocycles. The van der Waals surface area contributed by atoms with Gasteiger partial charge >= 0.3 is 0 Å². The molecule has 1 aliphatic heterocycles. The molecule has 0 unspecified atom stereocenters. The average molecular weight is 371 g/mol. The fourth-order valence-corrected chi connectivity index (χ4v) is 2.96. The minimum absolute atomic E-state index is 0.0365. The Morgan fingerprint density at radius 3 is 2.61 bits per heavy atom. The Bertz CT molecular complexity index is 1080. The number of nitrogens with zero attached hydrogens (tertiary/aromatic N) is 3. The third kappa shape index (κ3) is 3.23. The Morgan fingerprint density at radius 1 is 1.07 bits per heavy atom. The smallest absolute Gasteiger partial charge is 0.281 e. The zero-order valence-electron chi connectivity index (χ0n) is 15.1. The predicted octanol–water partition coefficient (Wildman–Crippen LogP) is 3.63. The number of aromatic nitrogens is 1. The van der Waals surface area contributed by atoms with Crippen LogP contribution in [0.4, 0.5) is 5.69 Å². The molecule has 6 nitrogen and oxygen atoms in total. The van der Waals surface area contributed by atoms with Crippen LogP contribution in [0, 0.1) is 0 Å². The molecule has 1 amide bonds. The van der Waals surface area contributed by atoms with Crippen molar-refractivity contribution in [1.29, 1.82) is 0 Å². The summed E-state index contributed by atoms with van der Waals surface area (Å²) >= 11 is 0. The first-order valence-electron chi connectivity index (χ1n) is 8.65. The van der Waals surface area contributed by atoms with Crippen LogP contribution in [0.25, 0.3) is 6.08 Å². The molecule has 0 fully saturated rings. The standard InChI is InChI=1S/C22H17N3O3/c1-28-20-13-15(9-10-19(20)26)12-18-21(16-6-5-11-23-14-16)24-25(22(18)27)17-7-3-2-4-8-17/h2-14,26H,1H3/b18-12-. The number of carbonyl (C=O) groups excluding carboxylic acids is 1. The van der Waals surface area contributed by atoms with Crippen LogP contribution in [-0.2, 0) is 4.79 Å². The zero-order valence-corrected chi connectivity index (χ0v) is 15.1. The topological polar surface area (TPSA) is 75.0 Å². The molecule has 1 aromatic heterocycles. The maximum atomic E-state index is 13.2. The molecule has 138 valence electrons. The van der Waals surface area contributed by atoms with Gasteiger partial charge in [0, 0.05) is 18.0 Å². The van der Waals surface area contributed by atoms with Gasteiger partial charge in [-0.1, -0.05) is 24.3 Å². The molecule has 0 spiro atoms. The highest BCUT2D eigenvalue weighted by Crippen LogP contribution is 2.30. The van der Waals surface area contributed by atoms with Crippen molar-refractivity contribution in [2.24, 2.45) is 5.10 Å². The highest BCUT2D eigenvalue weighted by Gasteiger charge is 2.32. The molecule has 1 N–H and O–H groups in total. The van der Waals surface area contributed by atoms with Crippen molar-refractivity contribution in [1.82, 2.24) is 4.98 Å². The van der Waals surface area contributed by atoms with Crippen LogP contribution >= 0.6 is 0 Å². The van der Waals surface area contributed by atoms with E-state index in [1.54, 1.807) is 36.7 Å². The molecule has 2 aromatic carbocycles. The molecule has 6 heteroatoms. The number of aromatic hydroxyl groups is 1. The van der Waals surface area contributed by atoms with Gasteiger partial charge in [0.2, 0.25) is 0 Å². The van der Waals surface area contributed by atoms with Crippen LogP contribution in [0.15, 0.2) is 83.7 Å². The second kappa shape index (κ2) is 7.36. The summed E-state index contributed by atoms with van der Waals surface area (Å²) in [7, 11) is 1.48. The number of phenols is 1. The fourth-order valence-electron chi connectivity index (χ4n) is 2.96. The predicted molar refractivity (Wildman–Crippen MR) is 107 cm³/mol. The van der Waals surface area contributed by atoms with Crippen molar-refractivity contribution >= 4 is 23.4 Å². The molecule has 0 saturated heterocycles. The van der Waals surface area contributed by atoms with Crippen LogP contribution in [0.3, 0.4) is 0 Å². The normalized spacial score (nSPS) is 15.0. The van der Waals surface area contributed by atoms with Gasteiger partial charge < -0.3 is 9.84 Å². The number of hydrazone groups is 1. The molecule has 0 bridgehead atoms. The number of rotatable bonds is 4. The Kier molecular flexibility index (Phi) is 4.60. The Hall–Kier alpha value is -3.93. The van der Waals surface area contributed by atoms with Crippen molar-refractivity contribution in [2.75, 3.05) is 12.1 Å². The van der Waals surface area contributed by atoms with Crippen LogP contribution < -0.4 is 9.75 Å². The maximum Gasteiger partial charge on any atom is 0.281 e. The van der Waals surface area contributed by atoms with Gasteiger partial charge in [0.15, 0.2) is 11.5 Å². The molecule has 0 atom stereocenters. The van der Waals surface area contributed by atoms with Crippen LogP contribution in [0.1, 0.15) is 11.1 Å². The minimum Gasteiger partial charge on any atom is -0.504 e. The molecular weight excluding hydrogens is 354 g/mol. The zero-order chi connectivity index (χ0) is 19.5. The monoisotopic (exact) mass is 371 g/mol. The fraction of sp³-hybridized carbons (Fsp3) is 0.0455. The minimum atomic E-state index is -0.239. The van der Waals surface area contributed by atoms with Gasteiger partial charge in [-0.05, 0) is 48.0 Å². The van der Waals surface area contributed by atoms with E-state index in [0.29, 0.717) is 28.3 Å². The lowest BCUT2D eigenvalue weighted by Crippen LogP contribution is -2.21. The summed E-state index contributed by atoms with van der Waals surface area (Å²) < 4.78 is 5.16. The van der Waals surface area contributed by atoms with E-state index in [-0.39, 0.29) is 11.7 Å². The number of hydrogen-bond donors (Lipinski definition) is 1. The van der Waals surface area contributed by atoms with Gasteiger partial charge in [0.1, 0.15) is 5.71 Å². The number of benzene rings is 2. The highest BCUT2D eigenvalue weighted by atomic mass is 16.5. The second-order valence-corrected chi connectivity index (χ2v) is 6.13. The summed E-state index contributed by atoms with van der Waals surface area (Å²) in [6, 6.07) is 17.8. The Labute approximate surface area is 162 Å². The van der Waals surface area contributed by atoms with Crippen molar-refractivity contribution in [3.63, 3.8) is 0 Å². The van der Waals surface area contributed by atoms with E-state index in [4.69, 9.17) is 4.74 Å². The van der Waals surface area contributed by atoms with Crippen molar-refractivity contribution < 1.29 is 14.6 Å². The molecule has 28 heavy (non-hydrogen) atoms. The van der Waals surface area contributed by atoms with Crippen LogP contribution in [0.2, 0.25) is 0 Å². The van der Waals surface area contributed by atoms with Gasteiger partial charge in [-0.3, -0.25) is 9.78 Å². The number of anilines is 1. The second-order valence-electron chi connectivity index (χ2n) is 6.13. The highest BCUT2D eigenvalue weighted by molar-refractivity contribution is 6.37. The number of methoxy groups -OCH3 is 1. The summed E-state index contributed by atoms with van der Waals surface area (Å²) in [5, 5.41) is 15.8. The average Bonchev–Trinajstić information content (AvgIpc) is 3.07. The van der Waals surface area contributed by atoms with Crippen LogP contribution in [-0.4, -0.2) is 28.8 Å². The third-order valence-corrected chi connectivity index (χ3v) is 4.33. The summed E-state index contributed by atoms with van der Waals surface area (Å²) in [5.74, 6) is 0.131. The van der Waals surface area contributed by atoms with Gasteiger partial charge in [-0.25, -0.2) is 0 Å². The lowest BCUT2D eigenvalue weighted by atomic mass is 10.0. The van der Waals surface area contributed by atoms with Gasteiger partial charge in [0.25, 0.3) is 5.91 Å². The van der Waals surface area contributed by atoms with Gasteiger partial charge in [0.05, 0.1) is 18.4 Å². The number of ether oxygens (including phenoxy) is 1. The summed E-state index contributed by atoms with van der Waals surface area (Å²) in [5.41, 5.74) is 3.11. The summed E-state index contributed by atoms with van der Waals surface area (Å²) in [4.78, 5) is 17.3. The molecular formula is C22H17N3O3. The lowest BCUT2D eigenvalue weighted by Gasteiger charge is -2.11. The van der Waals surface area contributed by atoms with Gasteiger partial charge in [-0.15, -0.1) is 0 Å². The van der Waals surface area contributed by atoms with E-state index < -0.39 is 0 Å². The number of para-hydroxylation sites is 1. The molecule has 0 saturated carbocycles. The number of hydrogen-bond acceptors (Lipinski definition) is 5. The van der Waals surface area contributed by atoms with Crippen molar-refractivity contribution in [2.45, 2.75) is 0 Å². The first-order chi connectivity index (χ1) is 13.7. The molecule has 0 radical (unpaired) electrons. The molecule has 3 aromatic rings.